The van der Waals surface area contributed by atoms with Crippen LogP contribution >= 0.6 is 0 Å². The first-order valence-electron chi connectivity index (χ1n) is 10.1. The highest BCUT2D eigenvalue weighted by Gasteiger charge is 2.25. The predicted octanol–water partition coefficient (Wildman–Crippen LogP) is 4.59. The van der Waals surface area contributed by atoms with E-state index in [1.807, 2.05) is 74.6 Å². The van der Waals surface area contributed by atoms with Crippen molar-refractivity contribution in [1.29, 1.82) is 0 Å². The van der Waals surface area contributed by atoms with Crippen molar-refractivity contribution in [2.45, 2.75) is 19.9 Å². The molecule has 0 amide bonds. The van der Waals surface area contributed by atoms with E-state index in [0.717, 1.165) is 28.0 Å². The summed E-state index contributed by atoms with van der Waals surface area (Å²) >= 11 is 0. The Bertz CT molecular complexity index is 1240. The fourth-order valence-electron chi connectivity index (χ4n) is 3.71. The number of ether oxygens (including phenoxy) is 2. The Hall–Kier alpha value is -3.80. The maximum Gasteiger partial charge on any atom is 0.273 e. The van der Waals surface area contributed by atoms with Crippen LogP contribution in [0.2, 0.25) is 0 Å². The molecule has 0 radical (unpaired) electrons. The second kappa shape index (κ2) is 8.52. The zero-order chi connectivity index (χ0) is 22.0. The third kappa shape index (κ3) is 4.10. The van der Waals surface area contributed by atoms with Crippen molar-refractivity contribution in [3.05, 3.63) is 83.2 Å². The standard InChI is InChI=1S/C25H25N3O3/c1-15-11-12-26-22(13-15)28-23(18-8-10-20(30-3)21(14-18)31-4)19-9-7-17-6-5-16(2)27-24(17)25(19)29/h5-14,23,29H,1-4H3,(H,26,28)/p+1/t23-/m0/s1. The number of aryl methyl sites for hydroxylation is 2. The number of phenolic OH excluding ortho intramolecular Hbond substituents is 1. The van der Waals surface area contributed by atoms with Gasteiger partial charge in [0.15, 0.2) is 11.5 Å². The molecular weight excluding hydrogens is 390 g/mol. The molecule has 3 N–H and O–H groups in total. The molecule has 1 atom stereocenters. The SMILES string of the molecule is COc1ccc([C@H](Nc2cc(C)cc[nH+]2)c2ccc3ccc(C)nc3c2O)cc1OC. The van der Waals surface area contributed by atoms with Gasteiger partial charge in [0.05, 0.1) is 20.4 Å². The van der Waals surface area contributed by atoms with Crippen molar-refractivity contribution in [2.24, 2.45) is 0 Å². The number of anilines is 1. The average Bonchev–Trinajstić information content (AvgIpc) is 2.78. The van der Waals surface area contributed by atoms with Crippen LogP contribution in [0.15, 0.2) is 60.8 Å². The number of benzene rings is 2. The quantitative estimate of drug-likeness (QED) is 0.481. The van der Waals surface area contributed by atoms with Crippen LogP contribution in [0.5, 0.6) is 17.2 Å². The Morgan fingerprint density at radius 2 is 1.71 bits per heavy atom. The fraction of sp³-hybridized carbons (Fsp3) is 0.200. The van der Waals surface area contributed by atoms with Gasteiger partial charge in [0, 0.05) is 28.3 Å². The highest BCUT2D eigenvalue weighted by atomic mass is 16.5. The molecule has 4 rings (SSSR count). The van der Waals surface area contributed by atoms with Crippen LogP contribution in [-0.2, 0) is 0 Å². The van der Waals surface area contributed by atoms with Gasteiger partial charge in [-0.15, -0.1) is 0 Å². The summed E-state index contributed by atoms with van der Waals surface area (Å²) in [5.41, 5.74) is 4.18. The Balaban J connectivity index is 1.88. The summed E-state index contributed by atoms with van der Waals surface area (Å²) in [7, 11) is 3.22. The van der Waals surface area contributed by atoms with Gasteiger partial charge in [-0.3, -0.25) is 5.32 Å². The third-order valence-electron chi connectivity index (χ3n) is 5.31. The lowest BCUT2D eigenvalue weighted by atomic mass is 9.95. The van der Waals surface area contributed by atoms with E-state index in [9.17, 15) is 5.11 Å². The Morgan fingerprint density at radius 3 is 2.45 bits per heavy atom. The first-order chi connectivity index (χ1) is 15.0. The topological polar surface area (TPSA) is 77.8 Å². The number of aromatic nitrogens is 2. The van der Waals surface area contributed by atoms with Crippen molar-refractivity contribution in [3.8, 4) is 17.2 Å². The summed E-state index contributed by atoms with van der Waals surface area (Å²) in [6.45, 7) is 3.95. The van der Waals surface area contributed by atoms with Crippen LogP contribution < -0.4 is 19.8 Å². The van der Waals surface area contributed by atoms with E-state index >= 15 is 0 Å². The third-order valence-corrected chi connectivity index (χ3v) is 5.31. The highest BCUT2D eigenvalue weighted by molar-refractivity contribution is 5.86. The van der Waals surface area contributed by atoms with Crippen molar-refractivity contribution in [3.63, 3.8) is 0 Å². The van der Waals surface area contributed by atoms with Crippen molar-refractivity contribution >= 4 is 16.7 Å². The number of aromatic amines is 1. The number of rotatable bonds is 6. The highest BCUT2D eigenvalue weighted by Crippen LogP contribution is 2.39. The van der Waals surface area contributed by atoms with Crippen LogP contribution in [0.3, 0.4) is 0 Å². The minimum Gasteiger partial charge on any atom is -0.505 e. The molecule has 0 unspecified atom stereocenters. The number of nitrogens with one attached hydrogen (secondary N) is 2. The van der Waals surface area contributed by atoms with E-state index in [-0.39, 0.29) is 11.8 Å². The minimum absolute atomic E-state index is 0.154. The van der Waals surface area contributed by atoms with Crippen molar-refractivity contribution < 1.29 is 19.6 Å². The number of nitrogens with zero attached hydrogens (tertiary/aromatic N) is 1. The number of H-pyrrole nitrogens is 1. The summed E-state index contributed by atoms with van der Waals surface area (Å²) in [5, 5.41) is 15.6. The maximum atomic E-state index is 11.2. The van der Waals surface area contributed by atoms with Gasteiger partial charge in [0.1, 0.15) is 17.3 Å². The van der Waals surface area contributed by atoms with E-state index < -0.39 is 0 Å². The summed E-state index contributed by atoms with van der Waals surface area (Å²) in [5.74, 6) is 2.25. The van der Waals surface area contributed by atoms with Gasteiger partial charge in [-0.05, 0) is 49.7 Å². The van der Waals surface area contributed by atoms with E-state index in [2.05, 4.69) is 15.3 Å². The zero-order valence-electron chi connectivity index (χ0n) is 18.1. The molecule has 0 spiro atoms. The molecule has 2 heterocycles. The number of pyridine rings is 2. The molecule has 0 aliphatic heterocycles. The molecule has 31 heavy (non-hydrogen) atoms. The lowest BCUT2D eigenvalue weighted by Crippen LogP contribution is -2.19. The van der Waals surface area contributed by atoms with Gasteiger partial charge in [0.25, 0.3) is 5.82 Å². The summed E-state index contributed by atoms with van der Waals surface area (Å²) in [6, 6.07) is 17.2. The number of aromatic hydroxyl groups is 1. The zero-order valence-corrected chi connectivity index (χ0v) is 18.1. The minimum atomic E-state index is -0.357. The lowest BCUT2D eigenvalue weighted by Gasteiger charge is -2.19. The number of fused-ring (bicyclic) bond motifs is 1. The van der Waals surface area contributed by atoms with Crippen LogP contribution in [0.4, 0.5) is 5.82 Å². The molecule has 6 heteroatoms. The van der Waals surface area contributed by atoms with E-state index in [1.54, 1.807) is 14.2 Å². The van der Waals surface area contributed by atoms with Crippen LogP contribution in [0, 0.1) is 13.8 Å². The van der Waals surface area contributed by atoms with Gasteiger partial charge >= 0.3 is 0 Å². The molecular formula is C25H26N3O3+. The molecule has 4 aromatic rings. The van der Waals surface area contributed by atoms with Gasteiger partial charge < -0.3 is 14.6 Å². The number of hydrogen-bond donors (Lipinski definition) is 2. The maximum absolute atomic E-state index is 11.2. The second-order valence-electron chi connectivity index (χ2n) is 7.50. The van der Waals surface area contributed by atoms with Crippen LogP contribution in [0.25, 0.3) is 10.9 Å². The normalized spacial score (nSPS) is 11.9. The van der Waals surface area contributed by atoms with Gasteiger partial charge in [-0.25, -0.2) is 9.97 Å². The first kappa shape index (κ1) is 20.5. The van der Waals surface area contributed by atoms with E-state index in [4.69, 9.17) is 9.47 Å². The molecule has 0 aliphatic rings. The van der Waals surface area contributed by atoms with Crippen molar-refractivity contribution in [2.75, 3.05) is 19.5 Å². The summed E-state index contributed by atoms with van der Waals surface area (Å²) in [4.78, 5) is 7.80. The lowest BCUT2D eigenvalue weighted by molar-refractivity contribution is -0.361. The monoisotopic (exact) mass is 416 g/mol. The summed E-state index contributed by atoms with van der Waals surface area (Å²) < 4.78 is 10.9. The van der Waals surface area contributed by atoms with E-state index in [0.29, 0.717) is 22.6 Å². The molecule has 0 saturated carbocycles. The van der Waals surface area contributed by atoms with E-state index in [1.165, 1.54) is 0 Å². The second-order valence-corrected chi connectivity index (χ2v) is 7.50. The van der Waals surface area contributed by atoms with Crippen LogP contribution in [0.1, 0.15) is 28.4 Å². The summed E-state index contributed by atoms with van der Waals surface area (Å²) in [6.07, 6.45) is 1.88. The van der Waals surface area contributed by atoms with Crippen molar-refractivity contribution in [1.82, 2.24) is 4.98 Å². The molecule has 0 saturated heterocycles. The van der Waals surface area contributed by atoms with Gasteiger partial charge in [-0.1, -0.05) is 18.2 Å². The van der Waals surface area contributed by atoms with Crippen LogP contribution in [-0.4, -0.2) is 24.3 Å². The Kier molecular flexibility index (Phi) is 5.62. The molecule has 6 nitrogen and oxygen atoms in total. The predicted molar refractivity (Wildman–Crippen MR) is 121 cm³/mol. The molecule has 0 bridgehead atoms. The molecule has 0 aliphatic carbocycles. The molecule has 158 valence electrons. The largest absolute Gasteiger partial charge is 0.505 e. The molecule has 2 aromatic heterocycles. The molecule has 2 aromatic carbocycles. The fourth-order valence-corrected chi connectivity index (χ4v) is 3.71. The Morgan fingerprint density at radius 1 is 0.935 bits per heavy atom. The number of methoxy groups -OCH3 is 2. The Labute approximate surface area is 181 Å². The van der Waals surface area contributed by atoms with Gasteiger partial charge in [-0.2, -0.15) is 0 Å². The number of hydrogen-bond acceptors (Lipinski definition) is 5. The average molecular weight is 417 g/mol. The smallest absolute Gasteiger partial charge is 0.273 e. The first-order valence-corrected chi connectivity index (χ1v) is 10.1. The molecule has 0 fully saturated rings. The number of phenols is 1. The van der Waals surface area contributed by atoms with Gasteiger partial charge in [0.2, 0.25) is 0 Å².